The summed E-state index contributed by atoms with van der Waals surface area (Å²) in [6.45, 7) is 0.983. The zero-order valence-corrected chi connectivity index (χ0v) is 18.5. The minimum absolute atomic E-state index is 0.113. The topological polar surface area (TPSA) is 93.0 Å². The highest BCUT2D eigenvalue weighted by Crippen LogP contribution is 2.26. The number of nitrogens with zero attached hydrogens (tertiary/aromatic N) is 5. The van der Waals surface area contributed by atoms with Crippen LogP contribution in [-0.4, -0.2) is 49.6 Å². The molecule has 2 aromatic heterocycles. The van der Waals surface area contributed by atoms with Crippen LogP contribution in [0, 0.1) is 5.92 Å². The van der Waals surface area contributed by atoms with E-state index in [4.69, 9.17) is 0 Å². The zero-order chi connectivity index (χ0) is 23.3. The molecule has 0 spiro atoms. The van der Waals surface area contributed by atoms with Crippen molar-refractivity contribution in [1.29, 1.82) is 0 Å². The number of rotatable bonds is 5. The van der Waals surface area contributed by atoms with Gasteiger partial charge in [0.25, 0.3) is 5.91 Å². The average molecular weight is 453 g/mol. The van der Waals surface area contributed by atoms with Crippen molar-refractivity contribution in [3.05, 3.63) is 90.9 Å². The molecule has 4 aromatic rings. The number of nitrogens with one attached hydrogen (secondary N) is 1. The molecule has 34 heavy (non-hydrogen) atoms. The van der Waals surface area contributed by atoms with E-state index in [2.05, 4.69) is 20.4 Å². The Balaban J connectivity index is 1.31. The maximum Gasteiger partial charge on any atom is 0.274 e. The fraction of sp³-hybridized carbons (Fsp3) is 0.192. The van der Waals surface area contributed by atoms with Gasteiger partial charge in [0.1, 0.15) is 0 Å². The highest BCUT2D eigenvalue weighted by atomic mass is 16.2. The van der Waals surface area contributed by atoms with Gasteiger partial charge in [-0.2, -0.15) is 5.10 Å². The second-order valence-corrected chi connectivity index (χ2v) is 8.16. The minimum Gasteiger partial charge on any atom is -0.337 e. The first-order valence-corrected chi connectivity index (χ1v) is 11.3. The van der Waals surface area contributed by atoms with Gasteiger partial charge in [-0.05, 0) is 37.1 Å². The zero-order valence-electron chi connectivity index (χ0n) is 18.5. The van der Waals surface area contributed by atoms with Crippen LogP contribution < -0.4 is 5.32 Å². The van der Waals surface area contributed by atoms with Gasteiger partial charge in [-0.1, -0.05) is 48.5 Å². The number of amides is 2. The van der Waals surface area contributed by atoms with Crippen LogP contribution in [0.4, 0.5) is 5.95 Å². The molecule has 0 atom stereocenters. The lowest BCUT2D eigenvalue weighted by molar-refractivity contribution is -0.121. The molecule has 0 aliphatic carbocycles. The van der Waals surface area contributed by atoms with Crippen LogP contribution in [0.2, 0.25) is 0 Å². The van der Waals surface area contributed by atoms with E-state index < -0.39 is 0 Å². The van der Waals surface area contributed by atoms with E-state index in [-0.39, 0.29) is 17.7 Å². The summed E-state index contributed by atoms with van der Waals surface area (Å²) in [5, 5.41) is 7.43. The Hall–Kier alpha value is -4.33. The van der Waals surface area contributed by atoms with Gasteiger partial charge in [-0.3, -0.25) is 14.9 Å². The second-order valence-electron chi connectivity index (χ2n) is 8.16. The molecule has 1 aliphatic rings. The first kappa shape index (κ1) is 21.5. The SMILES string of the molecule is O=C(Nc1ncccn1)C1CCN(C(=O)c2cc(-c3ccccc3)n(-c3ccccc3)n2)CC1. The van der Waals surface area contributed by atoms with Gasteiger partial charge in [0.15, 0.2) is 5.69 Å². The summed E-state index contributed by atoms with van der Waals surface area (Å²) in [6.07, 6.45) is 4.33. The van der Waals surface area contributed by atoms with Crippen LogP contribution in [0.3, 0.4) is 0 Å². The Labute approximate surface area is 197 Å². The summed E-state index contributed by atoms with van der Waals surface area (Å²) in [6, 6.07) is 23.2. The molecule has 170 valence electrons. The standard InChI is InChI=1S/C26H24N6O2/c33-24(29-26-27-14-7-15-28-26)20-12-16-31(17-13-20)25(34)22-18-23(19-8-3-1-4-9-19)32(30-22)21-10-5-2-6-11-21/h1-11,14-15,18,20H,12-13,16-17H2,(H,27,28,29,33). The Kier molecular flexibility index (Phi) is 6.11. The fourth-order valence-corrected chi connectivity index (χ4v) is 4.15. The van der Waals surface area contributed by atoms with E-state index in [1.165, 1.54) is 0 Å². The van der Waals surface area contributed by atoms with Crippen LogP contribution in [0.25, 0.3) is 16.9 Å². The lowest BCUT2D eigenvalue weighted by atomic mass is 9.95. The van der Waals surface area contributed by atoms with Gasteiger partial charge >= 0.3 is 0 Å². The number of hydrogen-bond donors (Lipinski definition) is 1. The van der Waals surface area contributed by atoms with E-state index in [1.807, 2.05) is 71.4 Å². The number of carbonyl (C=O) groups excluding carboxylic acids is 2. The average Bonchev–Trinajstić information content (AvgIpc) is 3.36. The summed E-state index contributed by atoms with van der Waals surface area (Å²) in [5.41, 5.74) is 3.12. The summed E-state index contributed by atoms with van der Waals surface area (Å²) >= 11 is 0. The van der Waals surface area contributed by atoms with Gasteiger partial charge in [-0.15, -0.1) is 0 Å². The molecule has 8 nitrogen and oxygen atoms in total. The predicted molar refractivity (Wildman–Crippen MR) is 128 cm³/mol. The van der Waals surface area contributed by atoms with E-state index >= 15 is 0 Å². The highest BCUT2D eigenvalue weighted by molar-refractivity contribution is 5.94. The predicted octanol–water partition coefficient (Wildman–Crippen LogP) is 3.82. The largest absolute Gasteiger partial charge is 0.337 e. The normalized spacial score (nSPS) is 14.1. The van der Waals surface area contributed by atoms with Crippen molar-refractivity contribution in [2.45, 2.75) is 12.8 Å². The summed E-state index contributed by atoms with van der Waals surface area (Å²) in [7, 11) is 0. The van der Waals surface area contributed by atoms with Gasteiger partial charge in [0.2, 0.25) is 11.9 Å². The number of hydrogen-bond acceptors (Lipinski definition) is 5. The molecule has 2 aromatic carbocycles. The van der Waals surface area contributed by atoms with Gasteiger partial charge < -0.3 is 4.90 Å². The fourth-order valence-electron chi connectivity index (χ4n) is 4.15. The summed E-state index contributed by atoms with van der Waals surface area (Å²) in [4.78, 5) is 35.7. The number of likely N-dealkylation sites (tertiary alicyclic amines) is 1. The van der Waals surface area contributed by atoms with Crippen LogP contribution in [0.15, 0.2) is 85.2 Å². The van der Waals surface area contributed by atoms with Crippen LogP contribution in [0.5, 0.6) is 0 Å². The molecule has 1 N–H and O–H groups in total. The van der Waals surface area contributed by atoms with Crippen molar-refractivity contribution in [2.75, 3.05) is 18.4 Å². The van der Waals surface area contributed by atoms with Crippen molar-refractivity contribution in [2.24, 2.45) is 5.92 Å². The molecule has 0 radical (unpaired) electrons. The number of anilines is 1. The molecule has 8 heteroatoms. The monoisotopic (exact) mass is 452 g/mol. The lowest BCUT2D eigenvalue weighted by Crippen LogP contribution is -2.41. The molecule has 5 rings (SSSR count). The van der Waals surface area contributed by atoms with Crippen molar-refractivity contribution in [3.8, 4) is 16.9 Å². The third-order valence-electron chi connectivity index (χ3n) is 5.95. The first-order chi connectivity index (χ1) is 16.7. The Bertz CT molecular complexity index is 1210. The molecule has 1 aliphatic heterocycles. The number of piperidine rings is 1. The molecule has 0 saturated carbocycles. The summed E-state index contributed by atoms with van der Waals surface area (Å²) in [5.74, 6) is -0.129. The molecule has 2 amide bonds. The van der Waals surface area contributed by atoms with Crippen molar-refractivity contribution in [1.82, 2.24) is 24.6 Å². The molecule has 0 bridgehead atoms. The number of aromatic nitrogens is 4. The van der Waals surface area contributed by atoms with Crippen LogP contribution in [-0.2, 0) is 4.79 Å². The first-order valence-electron chi connectivity index (χ1n) is 11.3. The third-order valence-corrected chi connectivity index (χ3v) is 5.95. The highest BCUT2D eigenvalue weighted by Gasteiger charge is 2.29. The lowest BCUT2D eigenvalue weighted by Gasteiger charge is -2.30. The van der Waals surface area contributed by atoms with Crippen molar-refractivity contribution >= 4 is 17.8 Å². The van der Waals surface area contributed by atoms with Crippen LogP contribution >= 0.6 is 0 Å². The molecular formula is C26H24N6O2. The number of carbonyl (C=O) groups is 2. The molecule has 1 fully saturated rings. The van der Waals surface area contributed by atoms with E-state index in [9.17, 15) is 9.59 Å². The van der Waals surface area contributed by atoms with Gasteiger partial charge in [-0.25, -0.2) is 14.6 Å². The van der Waals surface area contributed by atoms with E-state index in [0.717, 1.165) is 16.9 Å². The quantitative estimate of drug-likeness (QED) is 0.497. The van der Waals surface area contributed by atoms with E-state index in [0.29, 0.717) is 37.6 Å². The van der Waals surface area contributed by atoms with E-state index in [1.54, 1.807) is 23.4 Å². The maximum atomic E-state index is 13.3. The Morgan fingerprint density at radius 3 is 2.18 bits per heavy atom. The summed E-state index contributed by atoms with van der Waals surface area (Å²) < 4.78 is 1.81. The number of para-hydroxylation sites is 1. The second kappa shape index (κ2) is 9.66. The molecule has 1 saturated heterocycles. The smallest absolute Gasteiger partial charge is 0.274 e. The Morgan fingerprint density at radius 2 is 1.50 bits per heavy atom. The van der Waals surface area contributed by atoms with Gasteiger partial charge in [0.05, 0.1) is 11.4 Å². The molecular weight excluding hydrogens is 428 g/mol. The minimum atomic E-state index is -0.186. The molecule has 3 heterocycles. The van der Waals surface area contributed by atoms with Crippen molar-refractivity contribution in [3.63, 3.8) is 0 Å². The van der Waals surface area contributed by atoms with Crippen LogP contribution in [0.1, 0.15) is 23.3 Å². The molecule has 0 unspecified atom stereocenters. The third kappa shape index (κ3) is 4.56. The Morgan fingerprint density at radius 1 is 0.853 bits per heavy atom. The maximum absolute atomic E-state index is 13.3. The van der Waals surface area contributed by atoms with Crippen molar-refractivity contribution < 1.29 is 9.59 Å². The number of benzene rings is 2. The van der Waals surface area contributed by atoms with Gasteiger partial charge in [0, 0.05) is 37.0 Å².